The van der Waals surface area contributed by atoms with E-state index in [1.54, 1.807) is 29.2 Å². The van der Waals surface area contributed by atoms with Crippen LogP contribution in [0, 0.1) is 13.8 Å². The maximum atomic E-state index is 12.2. The molecule has 6 heteroatoms. The largest absolute Gasteiger partial charge is 0.352 e. The van der Waals surface area contributed by atoms with E-state index in [0.717, 1.165) is 17.1 Å². The summed E-state index contributed by atoms with van der Waals surface area (Å²) in [5.41, 5.74) is 3.43. The monoisotopic (exact) mass is 321 g/mol. The summed E-state index contributed by atoms with van der Waals surface area (Å²) >= 11 is 0. The second kappa shape index (κ2) is 7.04. The fraction of sp³-hybridized carbons (Fsp3) is 0.222. The third kappa shape index (κ3) is 3.65. The van der Waals surface area contributed by atoms with Crippen molar-refractivity contribution in [1.29, 1.82) is 0 Å². The lowest BCUT2D eigenvalue weighted by atomic mass is 10.2. The number of amides is 1. The lowest BCUT2D eigenvalue weighted by Gasteiger charge is -2.06. The van der Waals surface area contributed by atoms with E-state index in [2.05, 4.69) is 20.4 Å². The number of carbonyl (C=O) groups is 1. The van der Waals surface area contributed by atoms with Crippen molar-refractivity contribution >= 4 is 5.91 Å². The summed E-state index contributed by atoms with van der Waals surface area (Å²) in [5, 5.41) is 7.27. The molecular formula is C18H19N5O. The van der Waals surface area contributed by atoms with Gasteiger partial charge in [-0.2, -0.15) is 5.10 Å². The molecule has 0 saturated carbocycles. The molecule has 0 aromatic carbocycles. The summed E-state index contributed by atoms with van der Waals surface area (Å²) in [4.78, 5) is 20.7. The smallest absolute Gasteiger partial charge is 0.252 e. The summed E-state index contributed by atoms with van der Waals surface area (Å²) < 4.78 is 1.76. The Hall–Kier alpha value is -3.02. The number of hydrogen-bond donors (Lipinski definition) is 1. The van der Waals surface area contributed by atoms with Gasteiger partial charge in [0.2, 0.25) is 0 Å². The second-order valence-corrected chi connectivity index (χ2v) is 5.57. The summed E-state index contributed by atoms with van der Waals surface area (Å²) in [5.74, 6) is 0.559. The summed E-state index contributed by atoms with van der Waals surface area (Å²) in [7, 11) is 0. The third-order valence-electron chi connectivity index (χ3n) is 3.63. The van der Waals surface area contributed by atoms with Crippen LogP contribution < -0.4 is 5.32 Å². The average Bonchev–Trinajstić information content (AvgIpc) is 2.94. The van der Waals surface area contributed by atoms with Crippen LogP contribution in [0.1, 0.15) is 27.4 Å². The maximum absolute atomic E-state index is 12.2. The number of nitrogens with one attached hydrogen (secondary N) is 1. The van der Waals surface area contributed by atoms with Gasteiger partial charge in [0.15, 0.2) is 5.82 Å². The average molecular weight is 321 g/mol. The van der Waals surface area contributed by atoms with Crippen molar-refractivity contribution in [3.8, 4) is 5.82 Å². The van der Waals surface area contributed by atoms with Crippen molar-refractivity contribution in [3.63, 3.8) is 0 Å². The van der Waals surface area contributed by atoms with E-state index < -0.39 is 0 Å². The first-order valence-electron chi connectivity index (χ1n) is 7.81. The van der Waals surface area contributed by atoms with E-state index >= 15 is 0 Å². The highest BCUT2D eigenvalue weighted by Crippen LogP contribution is 2.10. The fourth-order valence-electron chi connectivity index (χ4n) is 2.46. The van der Waals surface area contributed by atoms with Crippen molar-refractivity contribution in [3.05, 3.63) is 71.4 Å². The number of rotatable bonds is 5. The van der Waals surface area contributed by atoms with Crippen LogP contribution in [-0.2, 0) is 6.42 Å². The van der Waals surface area contributed by atoms with Gasteiger partial charge in [0, 0.05) is 36.7 Å². The van der Waals surface area contributed by atoms with E-state index in [4.69, 9.17) is 0 Å². The van der Waals surface area contributed by atoms with Crippen molar-refractivity contribution in [2.75, 3.05) is 6.54 Å². The first kappa shape index (κ1) is 15.9. The Morgan fingerprint density at radius 3 is 2.67 bits per heavy atom. The highest BCUT2D eigenvalue weighted by atomic mass is 16.1. The summed E-state index contributed by atoms with van der Waals surface area (Å²) in [6.45, 7) is 4.45. The summed E-state index contributed by atoms with van der Waals surface area (Å²) in [6, 6.07) is 11.3. The number of aromatic nitrogens is 4. The lowest BCUT2D eigenvalue weighted by Crippen LogP contribution is -2.26. The van der Waals surface area contributed by atoms with E-state index in [1.807, 2.05) is 38.1 Å². The van der Waals surface area contributed by atoms with E-state index in [-0.39, 0.29) is 5.91 Å². The Labute approximate surface area is 140 Å². The standard InChI is InChI=1S/C18H19N5O/c1-13-11-14(2)23(22-13)17-7-6-15(12-21-17)18(24)20-10-8-16-5-3-4-9-19-16/h3-7,9,11-12H,8,10H2,1-2H3,(H,20,24). The van der Waals surface area contributed by atoms with Gasteiger partial charge in [0.25, 0.3) is 5.91 Å². The molecule has 0 aliphatic carbocycles. The van der Waals surface area contributed by atoms with Crippen LogP contribution in [-0.4, -0.2) is 32.2 Å². The Morgan fingerprint density at radius 2 is 2.04 bits per heavy atom. The third-order valence-corrected chi connectivity index (χ3v) is 3.63. The normalized spacial score (nSPS) is 10.6. The fourth-order valence-corrected chi connectivity index (χ4v) is 2.46. The van der Waals surface area contributed by atoms with Crippen LogP contribution in [0.5, 0.6) is 0 Å². The molecule has 0 radical (unpaired) electrons. The number of pyridine rings is 2. The van der Waals surface area contributed by atoms with Gasteiger partial charge in [-0.1, -0.05) is 6.07 Å². The Kier molecular flexibility index (Phi) is 4.65. The van der Waals surface area contributed by atoms with Gasteiger partial charge in [-0.15, -0.1) is 0 Å². The number of hydrogen-bond acceptors (Lipinski definition) is 4. The Balaban J connectivity index is 1.61. The van der Waals surface area contributed by atoms with Gasteiger partial charge < -0.3 is 5.32 Å². The molecule has 0 spiro atoms. The molecule has 0 aliphatic rings. The predicted octanol–water partition coefficient (Wildman–Crippen LogP) is 2.25. The highest BCUT2D eigenvalue weighted by molar-refractivity contribution is 5.93. The molecule has 3 aromatic rings. The number of carbonyl (C=O) groups excluding carboxylic acids is 1. The van der Waals surface area contributed by atoms with Gasteiger partial charge in [0.05, 0.1) is 11.3 Å². The lowest BCUT2D eigenvalue weighted by molar-refractivity contribution is 0.0953. The molecule has 0 aliphatic heterocycles. The molecule has 0 unspecified atom stereocenters. The molecule has 0 saturated heterocycles. The summed E-state index contributed by atoms with van der Waals surface area (Å²) in [6.07, 6.45) is 4.02. The van der Waals surface area contributed by atoms with Crippen molar-refractivity contribution in [2.24, 2.45) is 0 Å². The SMILES string of the molecule is Cc1cc(C)n(-c2ccc(C(=O)NCCc3ccccn3)cn2)n1. The van der Waals surface area contributed by atoms with Crippen molar-refractivity contribution in [1.82, 2.24) is 25.1 Å². The molecular weight excluding hydrogens is 302 g/mol. The van der Waals surface area contributed by atoms with E-state index in [0.29, 0.717) is 24.3 Å². The van der Waals surface area contributed by atoms with Crippen LogP contribution in [0.15, 0.2) is 48.8 Å². The first-order valence-corrected chi connectivity index (χ1v) is 7.81. The molecule has 0 fully saturated rings. The molecule has 1 N–H and O–H groups in total. The Morgan fingerprint density at radius 1 is 1.17 bits per heavy atom. The maximum Gasteiger partial charge on any atom is 0.252 e. The highest BCUT2D eigenvalue weighted by Gasteiger charge is 2.08. The van der Waals surface area contributed by atoms with Crippen LogP contribution >= 0.6 is 0 Å². The van der Waals surface area contributed by atoms with Gasteiger partial charge in [-0.05, 0) is 44.2 Å². The molecule has 6 nitrogen and oxygen atoms in total. The van der Waals surface area contributed by atoms with Crippen LogP contribution in [0.25, 0.3) is 5.82 Å². The quantitative estimate of drug-likeness (QED) is 0.782. The second-order valence-electron chi connectivity index (χ2n) is 5.57. The first-order chi connectivity index (χ1) is 11.6. The molecule has 0 atom stereocenters. The molecule has 24 heavy (non-hydrogen) atoms. The predicted molar refractivity (Wildman–Crippen MR) is 91.1 cm³/mol. The molecule has 122 valence electrons. The molecule has 0 bridgehead atoms. The van der Waals surface area contributed by atoms with Gasteiger partial charge in [0.1, 0.15) is 0 Å². The minimum absolute atomic E-state index is 0.140. The molecule has 1 amide bonds. The topological polar surface area (TPSA) is 72.7 Å². The van der Waals surface area contributed by atoms with Crippen LogP contribution in [0.4, 0.5) is 0 Å². The zero-order valence-electron chi connectivity index (χ0n) is 13.7. The van der Waals surface area contributed by atoms with Crippen LogP contribution in [0.2, 0.25) is 0 Å². The number of aryl methyl sites for hydroxylation is 2. The van der Waals surface area contributed by atoms with Gasteiger partial charge in [-0.3, -0.25) is 9.78 Å². The molecule has 3 aromatic heterocycles. The van der Waals surface area contributed by atoms with Crippen LogP contribution in [0.3, 0.4) is 0 Å². The van der Waals surface area contributed by atoms with Gasteiger partial charge >= 0.3 is 0 Å². The van der Waals surface area contributed by atoms with Crippen molar-refractivity contribution in [2.45, 2.75) is 20.3 Å². The molecule has 3 rings (SSSR count). The van der Waals surface area contributed by atoms with Crippen molar-refractivity contribution < 1.29 is 4.79 Å². The minimum atomic E-state index is -0.140. The minimum Gasteiger partial charge on any atom is -0.352 e. The van der Waals surface area contributed by atoms with Gasteiger partial charge in [-0.25, -0.2) is 9.67 Å². The zero-order chi connectivity index (χ0) is 16.9. The van der Waals surface area contributed by atoms with E-state index in [9.17, 15) is 4.79 Å². The molecule has 3 heterocycles. The van der Waals surface area contributed by atoms with E-state index in [1.165, 1.54) is 0 Å². The Bertz CT molecular complexity index is 824. The zero-order valence-corrected chi connectivity index (χ0v) is 13.7. The number of nitrogens with zero attached hydrogens (tertiary/aromatic N) is 4.